The van der Waals surface area contributed by atoms with Crippen LogP contribution in [0.1, 0.15) is 46.5 Å². The Morgan fingerprint density at radius 3 is 2.82 bits per heavy atom. The molecule has 0 aromatic carbocycles. The van der Waals surface area contributed by atoms with E-state index < -0.39 is 5.60 Å². The zero-order chi connectivity index (χ0) is 16.2. The van der Waals surface area contributed by atoms with Crippen molar-refractivity contribution in [2.75, 3.05) is 26.2 Å². The molecule has 1 saturated carbocycles. The van der Waals surface area contributed by atoms with Gasteiger partial charge in [-0.3, -0.25) is 4.90 Å². The van der Waals surface area contributed by atoms with Crippen LogP contribution in [-0.4, -0.2) is 61.0 Å². The molecule has 3 unspecified atom stereocenters. The smallest absolute Gasteiger partial charge is 0.407 e. The molecule has 2 fully saturated rings. The first-order valence-electron chi connectivity index (χ1n) is 8.45. The summed E-state index contributed by atoms with van der Waals surface area (Å²) in [5.74, 6) is 0. The summed E-state index contributed by atoms with van der Waals surface area (Å²) in [7, 11) is 0. The third-order valence-corrected chi connectivity index (χ3v) is 4.40. The minimum atomic E-state index is -0.476. The second-order valence-corrected chi connectivity index (χ2v) is 7.27. The van der Waals surface area contributed by atoms with Crippen molar-refractivity contribution in [3.63, 3.8) is 0 Å². The monoisotopic (exact) mass is 313 g/mol. The average molecular weight is 313 g/mol. The van der Waals surface area contributed by atoms with Crippen LogP contribution in [0.3, 0.4) is 0 Å². The third-order valence-electron chi connectivity index (χ3n) is 4.40. The molecule has 0 spiro atoms. The molecule has 2 rings (SSSR count). The van der Waals surface area contributed by atoms with Gasteiger partial charge in [0.25, 0.3) is 0 Å². The van der Waals surface area contributed by atoms with Crippen LogP contribution < -0.4 is 11.1 Å². The number of amides is 1. The van der Waals surface area contributed by atoms with Gasteiger partial charge in [0.05, 0.1) is 12.7 Å². The Morgan fingerprint density at radius 2 is 2.14 bits per heavy atom. The largest absolute Gasteiger partial charge is 0.444 e. The van der Waals surface area contributed by atoms with Crippen molar-refractivity contribution in [1.29, 1.82) is 0 Å². The minimum Gasteiger partial charge on any atom is -0.444 e. The number of fused-ring (bicyclic) bond motifs is 1. The molecule has 6 heteroatoms. The van der Waals surface area contributed by atoms with Gasteiger partial charge in [-0.1, -0.05) is 12.8 Å². The number of nitrogens with two attached hydrogens (primary N) is 1. The van der Waals surface area contributed by atoms with Gasteiger partial charge in [-0.25, -0.2) is 4.79 Å². The van der Waals surface area contributed by atoms with E-state index in [0.29, 0.717) is 25.2 Å². The zero-order valence-corrected chi connectivity index (χ0v) is 14.1. The van der Waals surface area contributed by atoms with Gasteiger partial charge >= 0.3 is 6.09 Å². The topological polar surface area (TPSA) is 76.8 Å². The van der Waals surface area contributed by atoms with Gasteiger partial charge in [0.15, 0.2) is 0 Å². The Bertz CT molecular complexity index is 368. The molecule has 128 valence electrons. The van der Waals surface area contributed by atoms with Crippen molar-refractivity contribution in [3.8, 4) is 0 Å². The highest BCUT2D eigenvalue weighted by Crippen LogP contribution is 2.29. The molecule has 0 radical (unpaired) electrons. The molecular weight excluding hydrogens is 282 g/mol. The molecular formula is C16H31N3O3. The fraction of sp³-hybridized carbons (Fsp3) is 0.938. The number of carbonyl (C=O) groups is 1. The van der Waals surface area contributed by atoms with E-state index in [-0.39, 0.29) is 12.1 Å². The van der Waals surface area contributed by atoms with Crippen LogP contribution in [-0.2, 0) is 9.47 Å². The first-order valence-corrected chi connectivity index (χ1v) is 8.45. The number of carbonyl (C=O) groups excluding carboxylic acids is 1. The van der Waals surface area contributed by atoms with Crippen molar-refractivity contribution in [2.45, 2.75) is 70.2 Å². The van der Waals surface area contributed by atoms with Crippen molar-refractivity contribution in [1.82, 2.24) is 10.2 Å². The lowest BCUT2D eigenvalue weighted by molar-refractivity contribution is -0.101. The molecule has 1 amide bonds. The van der Waals surface area contributed by atoms with Crippen molar-refractivity contribution < 1.29 is 14.3 Å². The van der Waals surface area contributed by atoms with Crippen LogP contribution in [0.5, 0.6) is 0 Å². The second-order valence-electron chi connectivity index (χ2n) is 7.27. The fourth-order valence-corrected chi connectivity index (χ4v) is 3.43. The highest BCUT2D eigenvalue weighted by atomic mass is 16.6. The summed E-state index contributed by atoms with van der Waals surface area (Å²) in [6.07, 6.45) is 4.75. The van der Waals surface area contributed by atoms with Crippen LogP contribution in [0.2, 0.25) is 0 Å². The summed E-state index contributed by atoms with van der Waals surface area (Å²) in [5, 5.41) is 2.86. The molecule has 3 atom stereocenters. The van der Waals surface area contributed by atoms with Gasteiger partial charge in [-0.15, -0.1) is 0 Å². The van der Waals surface area contributed by atoms with E-state index in [1.807, 2.05) is 20.8 Å². The fourth-order valence-electron chi connectivity index (χ4n) is 3.43. The molecule has 0 aromatic rings. The van der Waals surface area contributed by atoms with Crippen LogP contribution in [0.4, 0.5) is 4.79 Å². The molecule has 1 heterocycles. The maximum absolute atomic E-state index is 11.8. The van der Waals surface area contributed by atoms with Gasteiger partial charge in [0, 0.05) is 31.7 Å². The summed E-state index contributed by atoms with van der Waals surface area (Å²) in [6.45, 7) is 8.28. The molecule has 0 bridgehead atoms. The number of morpholine rings is 1. The van der Waals surface area contributed by atoms with Crippen LogP contribution in [0.25, 0.3) is 0 Å². The normalized spacial score (nSPS) is 27.8. The van der Waals surface area contributed by atoms with Crippen molar-refractivity contribution >= 4 is 6.09 Å². The number of hydrogen-bond acceptors (Lipinski definition) is 5. The van der Waals surface area contributed by atoms with Gasteiger partial charge in [-0.2, -0.15) is 0 Å². The first kappa shape index (κ1) is 17.5. The van der Waals surface area contributed by atoms with Gasteiger partial charge < -0.3 is 20.5 Å². The highest BCUT2D eigenvalue weighted by Gasteiger charge is 2.37. The summed E-state index contributed by atoms with van der Waals surface area (Å²) < 4.78 is 11.2. The van der Waals surface area contributed by atoms with Gasteiger partial charge in [0.2, 0.25) is 0 Å². The second kappa shape index (κ2) is 7.62. The predicted molar refractivity (Wildman–Crippen MR) is 85.8 cm³/mol. The number of nitrogens with zero attached hydrogens (tertiary/aromatic N) is 1. The number of ether oxygens (including phenoxy) is 2. The number of hydrogen-bond donors (Lipinski definition) is 2. The van der Waals surface area contributed by atoms with Gasteiger partial charge in [-0.05, 0) is 33.6 Å². The van der Waals surface area contributed by atoms with Gasteiger partial charge in [0.1, 0.15) is 5.60 Å². The van der Waals surface area contributed by atoms with Crippen molar-refractivity contribution in [3.05, 3.63) is 0 Å². The lowest BCUT2D eigenvalue weighted by Gasteiger charge is -2.47. The average Bonchev–Trinajstić information content (AvgIpc) is 2.46. The minimum absolute atomic E-state index is 0.141. The molecule has 6 nitrogen and oxygen atoms in total. The summed E-state index contributed by atoms with van der Waals surface area (Å²) in [6, 6.07) is 0.582. The molecule has 1 saturated heterocycles. The Labute approximate surface area is 133 Å². The molecule has 0 aromatic heterocycles. The highest BCUT2D eigenvalue weighted by molar-refractivity contribution is 5.67. The Balaban J connectivity index is 1.88. The van der Waals surface area contributed by atoms with E-state index in [2.05, 4.69) is 10.2 Å². The first-order chi connectivity index (χ1) is 10.4. The number of rotatable bonds is 4. The summed E-state index contributed by atoms with van der Waals surface area (Å²) in [5.41, 5.74) is 5.49. The molecule has 1 aliphatic carbocycles. The maximum atomic E-state index is 11.8. The molecule has 3 N–H and O–H groups in total. The van der Waals surface area contributed by atoms with E-state index in [1.54, 1.807) is 0 Å². The van der Waals surface area contributed by atoms with E-state index >= 15 is 0 Å². The predicted octanol–water partition coefficient (Wildman–Crippen LogP) is 1.48. The van der Waals surface area contributed by atoms with Crippen LogP contribution >= 0.6 is 0 Å². The van der Waals surface area contributed by atoms with E-state index in [4.69, 9.17) is 15.2 Å². The lowest BCUT2D eigenvalue weighted by atomic mass is 9.89. The van der Waals surface area contributed by atoms with Crippen molar-refractivity contribution in [2.24, 2.45) is 5.73 Å². The lowest BCUT2D eigenvalue weighted by Crippen LogP contribution is -2.60. The summed E-state index contributed by atoms with van der Waals surface area (Å²) >= 11 is 0. The quantitative estimate of drug-likeness (QED) is 0.822. The third kappa shape index (κ3) is 4.83. The van der Waals surface area contributed by atoms with E-state index in [1.165, 1.54) is 12.8 Å². The summed E-state index contributed by atoms with van der Waals surface area (Å²) in [4.78, 5) is 14.3. The maximum Gasteiger partial charge on any atom is 0.407 e. The van der Waals surface area contributed by atoms with Crippen LogP contribution in [0, 0.1) is 0 Å². The number of nitrogens with one attached hydrogen (secondary N) is 1. The molecule has 22 heavy (non-hydrogen) atoms. The molecule has 2 aliphatic rings. The standard InChI is InChI=1S/C16H31N3O3/c1-16(2,3)22-15(20)18-11-12(10-17)19-8-9-21-14-7-5-4-6-13(14)19/h12-14H,4-11,17H2,1-3H3,(H,18,20). The molecule has 1 aliphatic heterocycles. The van der Waals surface area contributed by atoms with Crippen LogP contribution in [0.15, 0.2) is 0 Å². The van der Waals surface area contributed by atoms with E-state index in [9.17, 15) is 4.79 Å². The Hall–Kier alpha value is -0.850. The SMILES string of the molecule is CC(C)(C)OC(=O)NCC(CN)N1CCOC2CCCCC21. The Morgan fingerprint density at radius 1 is 1.41 bits per heavy atom. The zero-order valence-electron chi connectivity index (χ0n) is 14.1. The number of alkyl carbamates (subject to hydrolysis) is 1. The Kier molecular flexibility index (Phi) is 6.06. The van der Waals surface area contributed by atoms with E-state index in [0.717, 1.165) is 26.0 Å².